The van der Waals surface area contributed by atoms with E-state index in [-0.39, 0.29) is 11.9 Å². The molecule has 0 fully saturated rings. The van der Waals surface area contributed by atoms with E-state index in [1.165, 1.54) is 16.2 Å². The van der Waals surface area contributed by atoms with Gasteiger partial charge in [-0.25, -0.2) is 4.79 Å². The van der Waals surface area contributed by atoms with Gasteiger partial charge >= 0.3 is 5.97 Å². The van der Waals surface area contributed by atoms with E-state index in [1.807, 2.05) is 48.5 Å². The fourth-order valence-corrected chi connectivity index (χ4v) is 6.04. The van der Waals surface area contributed by atoms with Gasteiger partial charge in [0.15, 0.2) is 0 Å². The maximum absolute atomic E-state index is 13.7. The third-order valence-electron chi connectivity index (χ3n) is 6.17. The SMILES string of the molecule is CCOC(=O)c1c(NC(=O)C2c3ccccc3Oc3ccccc32)sc2c1CCC(C)C2. The molecule has 1 aliphatic heterocycles. The van der Waals surface area contributed by atoms with Crippen LogP contribution in [0.25, 0.3) is 0 Å². The fraction of sp³-hybridized carbons (Fsp3) is 0.308. The Labute approximate surface area is 191 Å². The van der Waals surface area contributed by atoms with Crippen molar-refractivity contribution in [1.82, 2.24) is 0 Å². The van der Waals surface area contributed by atoms with E-state index in [9.17, 15) is 9.59 Å². The molecule has 3 aromatic rings. The minimum Gasteiger partial charge on any atom is -0.462 e. The number of hydrogen-bond acceptors (Lipinski definition) is 5. The van der Waals surface area contributed by atoms with Crippen LogP contribution in [0.5, 0.6) is 11.5 Å². The number of esters is 1. The highest BCUT2D eigenvalue weighted by Crippen LogP contribution is 2.45. The predicted molar refractivity (Wildman–Crippen MR) is 125 cm³/mol. The lowest BCUT2D eigenvalue weighted by atomic mass is 9.87. The number of ether oxygens (including phenoxy) is 2. The molecule has 1 atom stereocenters. The summed E-state index contributed by atoms with van der Waals surface area (Å²) in [4.78, 5) is 27.7. The maximum atomic E-state index is 13.7. The van der Waals surface area contributed by atoms with E-state index in [2.05, 4.69) is 12.2 Å². The normalized spacial score (nSPS) is 16.9. The molecule has 0 saturated carbocycles. The lowest BCUT2D eigenvalue weighted by molar-refractivity contribution is -0.116. The Kier molecular flexibility index (Phi) is 5.47. The first-order valence-corrected chi connectivity index (χ1v) is 11.9. The monoisotopic (exact) mass is 447 g/mol. The molecule has 164 valence electrons. The number of nitrogens with one attached hydrogen (secondary N) is 1. The van der Waals surface area contributed by atoms with Crippen molar-refractivity contribution in [2.45, 2.75) is 39.0 Å². The first-order chi connectivity index (χ1) is 15.6. The van der Waals surface area contributed by atoms with Gasteiger partial charge in [0.1, 0.15) is 16.5 Å². The first-order valence-electron chi connectivity index (χ1n) is 11.0. The van der Waals surface area contributed by atoms with Crippen LogP contribution in [0.3, 0.4) is 0 Å². The van der Waals surface area contributed by atoms with E-state index < -0.39 is 5.92 Å². The molecule has 5 nitrogen and oxygen atoms in total. The molecule has 0 bridgehead atoms. The van der Waals surface area contributed by atoms with Crippen LogP contribution in [0, 0.1) is 5.92 Å². The number of amides is 1. The van der Waals surface area contributed by atoms with Gasteiger partial charge in [0.05, 0.1) is 18.1 Å². The van der Waals surface area contributed by atoms with Gasteiger partial charge in [-0.1, -0.05) is 43.3 Å². The molecule has 2 heterocycles. The van der Waals surface area contributed by atoms with Crippen molar-refractivity contribution in [3.05, 3.63) is 75.7 Å². The average molecular weight is 448 g/mol. The molecule has 5 rings (SSSR count). The zero-order valence-corrected chi connectivity index (χ0v) is 19.0. The molecule has 2 aliphatic rings. The second-order valence-electron chi connectivity index (χ2n) is 8.38. The quantitative estimate of drug-likeness (QED) is 0.504. The summed E-state index contributed by atoms with van der Waals surface area (Å²) in [6.07, 6.45) is 2.79. The molecule has 1 unspecified atom stereocenters. The highest BCUT2D eigenvalue weighted by molar-refractivity contribution is 7.17. The van der Waals surface area contributed by atoms with Crippen molar-refractivity contribution < 1.29 is 19.1 Å². The lowest BCUT2D eigenvalue weighted by Crippen LogP contribution is -2.25. The number of para-hydroxylation sites is 2. The third kappa shape index (κ3) is 3.58. The van der Waals surface area contributed by atoms with Crippen molar-refractivity contribution in [2.75, 3.05) is 11.9 Å². The second kappa shape index (κ2) is 8.43. The average Bonchev–Trinajstić information content (AvgIpc) is 3.14. The maximum Gasteiger partial charge on any atom is 0.341 e. The minimum absolute atomic E-state index is 0.176. The first kappa shape index (κ1) is 20.8. The van der Waals surface area contributed by atoms with Gasteiger partial charge < -0.3 is 14.8 Å². The summed E-state index contributed by atoms with van der Waals surface area (Å²) in [5, 5.41) is 3.69. The van der Waals surface area contributed by atoms with Crippen LogP contribution >= 0.6 is 11.3 Å². The Morgan fingerprint density at radius 3 is 2.41 bits per heavy atom. The summed E-state index contributed by atoms with van der Waals surface area (Å²) in [6, 6.07) is 15.2. The second-order valence-corrected chi connectivity index (χ2v) is 9.48. The van der Waals surface area contributed by atoms with Crippen molar-refractivity contribution in [3.8, 4) is 11.5 Å². The van der Waals surface area contributed by atoms with Gasteiger partial charge in [-0.2, -0.15) is 0 Å². The Morgan fingerprint density at radius 2 is 1.75 bits per heavy atom. The zero-order valence-electron chi connectivity index (χ0n) is 18.1. The predicted octanol–water partition coefficient (Wildman–Crippen LogP) is 5.93. The van der Waals surface area contributed by atoms with E-state index in [4.69, 9.17) is 9.47 Å². The van der Waals surface area contributed by atoms with E-state index >= 15 is 0 Å². The minimum atomic E-state index is -0.524. The van der Waals surface area contributed by atoms with E-state index in [0.29, 0.717) is 34.6 Å². The topological polar surface area (TPSA) is 64.6 Å². The number of anilines is 1. The molecule has 1 aliphatic carbocycles. The molecule has 2 aromatic carbocycles. The molecule has 0 radical (unpaired) electrons. The van der Waals surface area contributed by atoms with Crippen molar-refractivity contribution >= 4 is 28.2 Å². The third-order valence-corrected chi connectivity index (χ3v) is 7.34. The number of carbonyl (C=O) groups excluding carboxylic acids is 2. The Balaban J connectivity index is 1.55. The largest absolute Gasteiger partial charge is 0.462 e. The van der Waals surface area contributed by atoms with Gasteiger partial charge in [0.2, 0.25) is 5.91 Å². The molecule has 32 heavy (non-hydrogen) atoms. The Morgan fingerprint density at radius 1 is 1.09 bits per heavy atom. The van der Waals surface area contributed by atoms with Crippen LogP contribution in [0.15, 0.2) is 48.5 Å². The number of carbonyl (C=O) groups is 2. The van der Waals surface area contributed by atoms with Gasteiger partial charge in [-0.3, -0.25) is 4.79 Å². The van der Waals surface area contributed by atoms with E-state index in [0.717, 1.165) is 36.0 Å². The van der Waals surface area contributed by atoms with Crippen LogP contribution in [-0.2, 0) is 22.4 Å². The van der Waals surface area contributed by atoms with Crippen LogP contribution in [0.2, 0.25) is 0 Å². The smallest absolute Gasteiger partial charge is 0.341 e. The van der Waals surface area contributed by atoms with Crippen molar-refractivity contribution in [2.24, 2.45) is 5.92 Å². The summed E-state index contributed by atoms with van der Waals surface area (Å²) in [6.45, 7) is 4.32. The van der Waals surface area contributed by atoms with Crippen LogP contribution in [-0.4, -0.2) is 18.5 Å². The highest BCUT2D eigenvalue weighted by Gasteiger charge is 2.35. The summed E-state index contributed by atoms with van der Waals surface area (Å²) in [5.74, 6) is 0.860. The van der Waals surface area contributed by atoms with Crippen molar-refractivity contribution in [1.29, 1.82) is 0 Å². The standard InChI is InChI=1S/C26H25NO4S/c1-3-30-26(29)23-18-13-12-15(2)14-21(18)32-25(23)27-24(28)22-16-8-4-6-10-19(16)31-20-11-7-5-9-17(20)22/h4-11,15,22H,3,12-14H2,1-2H3,(H,27,28). The number of fused-ring (bicyclic) bond motifs is 3. The highest BCUT2D eigenvalue weighted by atomic mass is 32.1. The molecule has 1 amide bonds. The summed E-state index contributed by atoms with van der Waals surface area (Å²) >= 11 is 1.51. The molecular weight excluding hydrogens is 422 g/mol. The van der Waals surface area contributed by atoms with Gasteiger partial charge in [0, 0.05) is 16.0 Å². The van der Waals surface area contributed by atoms with Gasteiger partial charge in [0.25, 0.3) is 0 Å². The molecule has 0 spiro atoms. The molecule has 1 aromatic heterocycles. The molecule has 1 N–H and O–H groups in total. The zero-order chi connectivity index (χ0) is 22.2. The summed E-state index contributed by atoms with van der Waals surface area (Å²) in [7, 11) is 0. The van der Waals surface area contributed by atoms with Gasteiger partial charge in [-0.15, -0.1) is 11.3 Å². The number of thiophene rings is 1. The Bertz CT molecular complexity index is 1150. The fourth-order valence-electron chi connectivity index (χ4n) is 4.63. The number of hydrogen-bond donors (Lipinski definition) is 1. The molecule has 6 heteroatoms. The lowest BCUT2D eigenvalue weighted by Gasteiger charge is -2.27. The van der Waals surface area contributed by atoms with Crippen LogP contribution < -0.4 is 10.1 Å². The summed E-state index contributed by atoms with van der Waals surface area (Å²) < 4.78 is 11.4. The Hall–Kier alpha value is -3.12. The van der Waals surface area contributed by atoms with Gasteiger partial charge in [-0.05, 0) is 49.8 Å². The number of benzene rings is 2. The molecular formula is C26H25NO4S. The molecule has 0 saturated heterocycles. The van der Waals surface area contributed by atoms with Crippen LogP contribution in [0.1, 0.15) is 58.1 Å². The number of rotatable bonds is 4. The van der Waals surface area contributed by atoms with Crippen molar-refractivity contribution in [3.63, 3.8) is 0 Å². The van der Waals surface area contributed by atoms with E-state index in [1.54, 1.807) is 6.92 Å². The van der Waals surface area contributed by atoms with Crippen LogP contribution in [0.4, 0.5) is 5.00 Å². The summed E-state index contributed by atoms with van der Waals surface area (Å²) in [5.41, 5.74) is 3.20.